The summed E-state index contributed by atoms with van der Waals surface area (Å²) in [5.74, 6) is -2.34. The zero-order valence-corrected chi connectivity index (χ0v) is 16.8. The van der Waals surface area contributed by atoms with E-state index in [1.807, 2.05) is 60.7 Å². The van der Waals surface area contributed by atoms with Crippen molar-refractivity contribution in [1.29, 1.82) is 0 Å². The van der Waals surface area contributed by atoms with Crippen molar-refractivity contribution in [1.82, 2.24) is 4.57 Å². The Kier molecular flexibility index (Phi) is 5.68. The highest BCUT2D eigenvalue weighted by Crippen LogP contribution is 2.27. The zero-order chi connectivity index (χ0) is 21.1. The fourth-order valence-electron chi connectivity index (χ4n) is 3.44. The van der Waals surface area contributed by atoms with E-state index < -0.39 is 17.6 Å². The number of rotatable bonds is 5. The molecule has 0 saturated carbocycles. The molecule has 0 aliphatic carbocycles. The number of carbonyl (C=O) groups is 1. The summed E-state index contributed by atoms with van der Waals surface area (Å²) < 4.78 is 30.1. The van der Waals surface area contributed by atoms with Crippen LogP contribution in [0.4, 0.5) is 8.78 Å². The van der Waals surface area contributed by atoms with Gasteiger partial charge in [0.1, 0.15) is 5.82 Å². The zero-order valence-electron chi connectivity index (χ0n) is 16.0. The van der Waals surface area contributed by atoms with Gasteiger partial charge in [0.25, 0.3) is 5.91 Å². The molecule has 3 aromatic carbocycles. The molecular weight excluding hydrogens is 402 g/mol. The molecule has 0 radical (unpaired) electrons. The number of carbonyl (C=O) groups excluding carboxylic acids is 1. The lowest BCUT2D eigenvalue weighted by atomic mass is 9.91. The van der Waals surface area contributed by atoms with Crippen molar-refractivity contribution in [2.24, 2.45) is 4.99 Å². The van der Waals surface area contributed by atoms with E-state index in [0.717, 1.165) is 28.5 Å². The summed E-state index contributed by atoms with van der Waals surface area (Å²) in [6.07, 6.45) is 1.59. The predicted molar refractivity (Wildman–Crippen MR) is 115 cm³/mol. The second kappa shape index (κ2) is 8.55. The Hall–Kier alpha value is -3.38. The number of thiazole rings is 1. The third-order valence-electron chi connectivity index (χ3n) is 4.73. The molecule has 4 aromatic rings. The van der Waals surface area contributed by atoms with Gasteiger partial charge in [-0.25, -0.2) is 8.78 Å². The van der Waals surface area contributed by atoms with E-state index in [4.69, 9.17) is 0 Å². The Bertz CT molecular complexity index is 1240. The van der Waals surface area contributed by atoms with Crippen molar-refractivity contribution in [3.8, 4) is 0 Å². The number of hydrogen-bond acceptors (Lipinski definition) is 2. The highest BCUT2D eigenvalue weighted by Gasteiger charge is 2.23. The maximum atomic E-state index is 14.5. The molecular formula is C24H18F2N2OS. The minimum Gasteiger partial charge on any atom is -0.310 e. The van der Waals surface area contributed by atoms with Gasteiger partial charge >= 0.3 is 0 Å². The van der Waals surface area contributed by atoms with Gasteiger partial charge in [-0.1, -0.05) is 78.1 Å². The van der Waals surface area contributed by atoms with Gasteiger partial charge in [-0.2, -0.15) is 4.99 Å². The smallest absolute Gasteiger partial charge is 0.260 e. The first kappa shape index (κ1) is 19.9. The minimum atomic E-state index is -0.695. The molecule has 150 valence electrons. The van der Waals surface area contributed by atoms with Gasteiger partial charge in [0.2, 0.25) is 0 Å². The van der Waals surface area contributed by atoms with Gasteiger partial charge in [0, 0.05) is 12.6 Å². The largest absolute Gasteiger partial charge is 0.310 e. The van der Waals surface area contributed by atoms with Crippen molar-refractivity contribution in [2.45, 2.75) is 12.5 Å². The lowest BCUT2D eigenvalue weighted by molar-refractivity contribution is -0.118. The van der Waals surface area contributed by atoms with Gasteiger partial charge in [-0.05, 0) is 17.2 Å². The summed E-state index contributed by atoms with van der Waals surface area (Å²) in [5.41, 5.74) is 1.83. The van der Waals surface area contributed by atoms with Crippen LogP contribution < -0.4 is 4.80 Å². The predicted octanol–water partition coefficient (Wildman–Crippen LogP) is 5.43. The van der Waals surface area contributed by atoms with Crippen LogP contribution in [0.15, 0.2) is 90.4 Å². The molecule has 0 atom stereocenters. The Morgan fingerprint density at radius 1 is 1.03 bits per heavy atom. The van der Waals surface area contributed by atoms with Crippen molar-refractivity contribution in [3.63, 3.8) is 0 Å². The maximum Gasteiger partial charge on any atom is 0.260 e. The molecule has 0 spiro atoms. The van der Waals surface area contributed by atoms with Crippen molar-refractivity contribution < 1.29 is 13.6 Å². The summed E-state index contributed by atoms with van der Waals surface area (Å²) in [5, 5.41) is 0. The molecule has 0 unspecified atom stereocenters. The van der Waals surface area contributed by atoms with Crippen LogP contribution in [0.2, 0.25) is 0 Å². The van der Waals surface area contributed by atoms with Gasteiger partial charge in [-0.15, -0.1) is 6.58 Å². The molecule has 6 heteroatoms. The second-order valence-electron chi connectivity index (χ2n) is 6.72. The number of fused-ring (bicyclic) bond motifs is 1. The third-order valence-corrected chi connectivity index (χ3v) is 5.75. The maximum absolute atomic E-state index is 14.5. The molecule has 0 aliphatic rings. The molecule has 0 N–H and O–H groups in total. The fraction of sp³-hybridized carbons (Fsp3) is 0.0833. The Morgan fingerprint density at radius 2 is 1.63 bits per heavy atom. The number of benzene rings is 3. The summed E-state index contributed by atoms with van der Waals surface area (Å²) in [7, 11) is 0. The Labute approximate surface area is 176 Å². The SMILES string of the molecule is C=CCn1c(=NC(=O)C(c2ccccc2)c2ccccc2)sc2cc(F)cc(F)c21. The van der Waals surface area contributed by atoms with Crippen molar-refractivity contribution in [3.05, 3.63) is 113 Å². The van der Waals surface area contributed by atoms with E-state index >= 15 is 0 Å². The second-order valence-corrected chi connectivity index (χ2v) is 7.73. The summed E-state index contributed by atoms with van der Waals surface area (Å²) >= 11 is 1.08. The first-order chi connectivity index (χ1) is 14.6. The van der Waals surface area contributed by atoms with E-state index in [1.165, 1.54) is 6.07 Å². The fourth-order valence-corrected chi connectivity index (χ4v) is 4.52. The van der Waals surface area contributed by atoms with Crippen molar-refractivity contribution in [2.75, 3.05) is 0 Å². The highest BCUT2D eigenvalue weighted by molar-refractivity contribution is 7.16. The first-order valence-corrected chi connectivity index (χ1v) is 10.2. The Morgan fingerprint density at radius 3 is 2.20 bits per heavy atom. The average molecular weight is 420 g/mol. The molecule has 1 amide bonds. The number of amides is 1. The summed E-state index contributed by atoms with van der Waals surface area (Å²) in [6, 6.07) is 20.8. The number of nitrogens with zero attached hydrogens (tertiary/aromatic N) is 2. The van der Waals surface area contributed by atoms with Gasteiger partial charge in [-0.3, -0.25) is 4.79 Å². The molecule has 4 rings (SSSR count). The molecule has 3 nitrogen and oxygen atoms in total. The molecule has 1 heterocycles. The van der Waals surface area contributed by atoms with Gasteiger partial charge in [0.15, 0.2) is 10.6 Å². The number of aromatic nitrogens is 1. The van der Waals surface area contributed by atoms with Crippen LogP contribution in [0.3, 0.4) is 0 Å². The molecule has 0 fully saturated rings. The summed E-state index contributed by atoms with van der Waals surface area (Å²) in [6.45, 7) is 3.95. The topological polar surface area (TPSA) is 34.4 Å². The number of halogens is 2. The van der Waals surface area contributed by atoms with Crippen LogP contribution >= 0.6 is 11.3 Å². The molecule has 0 saturated heterocycles. The van der Waals surface area contributed by atoms with Crippen LogP contribution in [0, 0.1) is 11.6 Å². The molecule has 1 aromatic heterocycles. The number of hydrogen-bond donors (Lipinski definition) is 0. The van der Waals surface area contributed by atoms with E-state index in [-0.39, 0.29) is 18.0 Å². The van der Waals surface area contributed by atoms with Gasteiger partial charge in [0.05, 0.1) is 16.1 Å². The molecule has 30 heavy (non-hydrogen) atoms. The van der Waals surface area contributed by atoms with E-state index in [0.29, 0.717) is 9.50 Å². The van der Waals surface area contributed by atoms with Crippen LogP contribution in [-0.4, -0.2) is 10.5 Å². The van der Waals surface area contributed by atoms with Crippen LogP contribution in [-0.2, 0) is 11.3 Å². The monoisotopic (exact) mass is 420 g/mol. The summed E-state index contributed by atoms with van der Waals surface area (Å²) in [4.78, 5) is 18.0. The van der Waals surface area contributed by atoms with E-state index in [2.05, 4.69) is 11.6 Å². The van der Waals surface area contributed by atoms with Crippen LogP contribution in [0.1, 0.15) is 17.0 Å². The normalized spacial score (nSPS) is 11.9. The molecule has 0 bridgehead atoms. The standard InChI is InChI=1S/C24H18F2N2OS/c1-2-13-28-22-19(26)14-18(25)15-20(22)30-24(28)27-23(29)21(16-9-5-3-6-10-16)17-11-7-4-8-12-17/h2-12,14-15,21H,1,13H2. The highest BCUT2D eigenvalue weighted by atomic mass is 32.1. The number of allylic oxidation sites excluding steroid dienone is 1. The van der Waals surface area contributed by atoms with E-state index in [1.54, 1.807) is 10.6 Å². The average Bonchev–Trinajstić information content (AvgIpc) is 3.07. The van der Waals surface area contributed by atoms with E-state index in [9.17, 15) is 13.6 Å². The molecule has 0 aliphatic heterocycles. The third kappa shape index (κ3) is 3.86. The van der Waals surface area contributed by atoms with Gasteiger partial charge < -0.3 is 4.57 Å². The first-order valence-electron chi connectivity index (χ1n) is 9.36. The lowest BCUT2D eigenvalue weighted by Crippen LogP contribution is -2.20. The quantitative estimate of drug-likeness (QED) is 0.397. The van der Waals surface area contributed by atoms with Crippen LogP contribution in [0.5, 0.6) is 0 Å². The lowest BCUT2D eigenvalue weighted by Gasteiger charge is -2.14. The van der Waals surface area contributed by atoms with Crippen molar-refractivity contribution >= 4 is 27.5 Å². The van der Waals surface area contributed by atoms with Crippen LogP contribution in [0.25, 0.3) is 10.2 Å². The minimum absolute atomic E-state index is 0.212. The Balaban J connectivity index is 1.89.